The first-order valence-electron chi connectivity index (χ1n) is 8.16. The molecule has 2 aromatic carbocycles. The van der Waals surface area contributed by atoms with Gasteiger partial charge in [0.05, 0.1) is 0 Å². The Hall–Kier alpha value is -2.63. The molecular formula is C20H16Cl2N2O3. The van der Waals surface area contributed by atoms with E-state index in [0.29, 0.717) is 21.5 Å². The van der Waals surface area contributed by atoms with Gasteiger partial charge in [-0.25, -0.2) is 4.79 Å². The van der Waals surface area contributed by atoms with E-state index in [1.54, 1.807) is 31.2 Å². The Kier molecular flexibility index (Phi) is 5.94. The zero-order valence-electron chi connectivity index (χ0n) is 14.6. The smallest absolute Gasteiger partial charge is 0.331 e. The minimum atomic E-state index is -0.686. The normalized spacial score (nSPS) is 12.3. The molecular weight excluding hydrogens is 387 g/mol. The first kappa shape index (κ1) is 19.1. The summed E-state index contributed by atoms with van der Waals surface area (Å²) in [6, 6.07) is 12.7. The molecule has 1 atom stereocenters. The average Bonchev–Trinajstić information content (AvgIpc) is 3.12. The predicted octanol–water partition coefficient (Wildman–Crippen LogP) is 5.67. The first-order valence-corrected chi connectivity index (χ1v) is 8.92. The van der Waals surface area contributed by atoms with Crippen LogP contribution in [0.5, 0.6) is 0 Å². The second kappa shape index (κ2) is 8.37. The van der Waals surface area contributed by atoms with Crippen molar-refractivity contribution in [3.8, 4) is 11.5 Å². The fourth-order valence-electron chi connectivity index (χ4n) is 2.27. The monoisotopic (exact) mass is 402 g/mol. The molecule has 0 saturated carbocycles. The Balaban J connectivity index is 1.64. The highest BCUT2D eigenvalue weighted by molar-refractivity contribution is 6.35. The van der Waals surface area contributed by atoms with Gasteiger partial charge in [-0.1, -0.05) is 47.0 Å². The molecule has 7 heteroatoms. The Morgan fingerprint density at radius 3 is 2.59 bits per heavy atom. The Labute approximate surface area is 166 Å². The number of hydrogen-bond acceptors (Lipinski definition) is 5. The highest BCUT2D eigenvalue weighted by atomic mass is 35.5. The highest BCUT2D eigenvalue weighted by Gasteiger charge is 2.18. The van der Waals surface area contributed by atoms with E-state index < -0.39 is 12.1 Å². The van der Waals surface area contributed by atoms with Crippen molar-refractivity contribution in [3.63, 3.8) is 0 Å². The average molecular weight is 403 g/mol. The van der Waals surface area contributed by atoms with Crippen molar-refractivity contribution in [2.45, 2.75) is 20.0 Å². The van der Waals surface area contributed by atoms with Gasteiger partial charge in [0, 0.05) is 21.7 Å². The van der Waals surface area contributed by atoms with Gasteiger partial charge in [-0.3, -0.25) is 0 Å². The number of carbonyl (C=O) groups is 1. The van der Waals surface area contributed by atoms with Crippen LogP contribution in [-0.2, 0) is 9.53 Å². The molecule has 138 valence electrons. The number of aromatic nitrogens is 2. The van der Waals surface area contributed by atoms with Crippen LogP contribution in [0.15, 0.2) is 53.0 Å². The topological polar surface area (TPSA) is 65.2 Å². The second-order valence-electron chi connectivity index (χ2n) is 5.89. The van der Waals surface area contributed by atoms with Gasteiger partial charge in [0.1, 0.15) is 0 Å². The van der Waals surface area contributed by atoms with Gasteiger partial charge in [0.2, 0.25) is 5.89 Å². The number of carbonyl (C=O) groups excluding carboxylic acids is 1. The van der Waals surface area contributed by atoms with Gasteiger partial charge >= 0.3 is 5.97 Å². The predicted molar refractivity (Wildman–Crippen MR) is 104 cm³/mol. The molecule has 1 heterocycles. The summed E-state index contributed by atoms with van der Waals surface area (Å²) in [5.41, 5.74) is 2.59. The fraction of sp³-hybridized carbons (Fsp3) is 0.150. The van der Waals surface area contributed by atoms with E-state index >= 15 is 0 Å². The van der Waals surface area contributed by atoms with Gasteiger partial charge < -0.3 is 9.15 Å². The van der Waals surface area contributed by atoms with Crippen LogP contribution < -0.4 is 0 Å². The van der Waals surface area contributed by atoms with Crippen molar-refractivity contribution in [3.05, 3.63) is 75.6 Å². The van der Waals surface area contributed by atoms with E-state index in [0.717, 1.165) is 11.1 Å². The van der Waals surface area contributed by atoms with Crippen molar-refractivity contribution in [1.29, 1.82) is 0 Å². The third-order valence-electron chi connectivity index (χ3n) is 3.74. The van der Waals surface area contributed by atoms with E-state index in [2.05, 4.69) is 10.2 Å². The van der Waals surface area contributed by atoms with E-state index in [4.69, 9.17) is 32.4 Å². The van der Waals surface area contributed by atoms with Crippen molar-refractivity contribution >= 4 is 35.2 Å². The lowest BCUT2D eigenvalue weighted by Gasteiger charge is -2.07. The van der Waals surface area contributed by atoms with Gasteiger partial charge in [-0.2, -0.15) is 0 Å². The molecule has 0 fully saturated rings. The lowest BCUT2D eigenvalue weighted by molar-refractivity contribution is -0.143. The Bertz CT molecular complexity index is 981. The summed E-state index contributed by atoms with van der Waals surface area (Å²) < 4.78 is 10.9. The number of hydrogen-bond donors (Lipinski definition) is 0. The van der Waals surface area contributed by atoms with E-state index in [-0.39, 0.29) is 5.89 Å². The van der Waals surface area contributed by atoms with Gasteiger partial charge in [0.25, 0.3) is 5.89 Å². The molecule has 0 aliphatic heterocycles. The maximum Gasteiger partial charge on any atom is 0.331 e. The summed E-state index contributed by atoms with van der Waals surface area (Å²) >= 11 is 11.9. The van der Waals surface area contributed by atoms with Crippen molar-refractivity contribution in [2.75, 3.05) is 0 Å². The molecule has 0 unspecified atom stereocenters. The highest BCUT2D eigenvalue weighted by Crippen LogP contribution is 2.24. The Morgan fingerprint density at radius 2 is 1.89 bits per heavy atom. The number of halogens is 2. The summed E-state index contributed by atoms with van der Waals surface area (Å²) in [4.78, 5) is 12.0. The zero-order chi connectivity index (χ0) is 19.4. The molecule has 27 heavy (non-hydrogen) atoms. The second-order valence-corrected chi connectivity index (χ2v) is 6.73. The van der Waals surface area contributed by atoms with Gasteiger partial charge in [-0.15, -0.1) is 10.2 Å². The standard InChI is InChI=1S/C20H16Cl2N2O3/c1-12-3-5-15(6-4-12)20-24-23-19(27-20)13(2)26-18(25)10-8-14-7-9-16(21)11-17(14)22/h3-11,13H,1-2H3/b10-8+/t13-/m1/s1. The first-order chi connectivity index (χ1) is 12.9. The number of rotatable bonds is 5. The van der Waals surface area contributed by atoms with Crippen LogP contribution in [-0.4, -0.2) is 16.2 Å². The zero-order valence-corrected chi connectivity index (χ0v) is 16.2. The van der Waals surface area contributed by atoms with Gasteiger partial charge in [0.15, 0.2) is 6.10 Å². The number of benzene rings is 2. The fourth-order valence-corrected chi connectivity index (χ4v) is 2.74. The maximum absolute atomic E-state index is 12.0. The summed E-state index contributed by atoms with van der Waals surface area (Å²) in [5.74, 6) is 0.0387. The van der Waals surface area contributed by atoms with Crippen LogP contribution in [0.3, 0.4) is 0 Å². The summed E-state index contributed by atoms with van der Waals surface area (Å²) in [6.07, 6.45) is 2.15. The summed E-state index contributed by atoms with van der Waals surface area (Å²) in [6.45, 7) is 3.66. The number of nitrogens with zero attached hydrogens (tertiary/aromatic N) is 2. The van der Waals surface area contributed by atoms with Crippen molar-refractivity contribution in [1.82, 2.24) is 10.2 Å². The minimum Gasteiger partial charge on any atom is -0.449 e. The van der Waals surface area contributed by atoms with Crippen LogP contribution in [0.2, 0.25) is 10.0 Å². The Morgan fingerprint density at radius 1 is 1.15 bits per heavy atom. The lowest BCUT2D eigenvalue weighted by atomic mass is 10.1. The summed E-state index contributed by atoms with van der Waals surface area (Å²) in [7, 11) is 0. The molecule has 0 radical (unpaired) electrons. The molecule has 0 aliphatic carbocycles. The van der Waals surface area contributed by atoms with Crippen molar-refractivity contribution < 1.29 is 13.9 Å². The van der Waals surface area contributed by atoms with Crippen LogP contribution in [0.4, 0.5) is 0 Å². The molecule has 0 N–H and O–H groups in total. The van der Waals surface area contributed by atoms with Crippen LogP contribution in [0, 0.1) is 6.92 Å². The van der Waals surface area contributed by atoms with Crippen molar-refractivity contribution in [2.24, 2.45) is 0 Å². The molecule has 0 bridgehead atoms. The minimum absolute atomic E-state index is 0.219. The van der Waals surface area contributed by atoms with Crippen LogP contribution in [0.25, 0.3) is 17.5 Å². The number of esters is 1. The molecule has 3 aromatic rings. The molecule has 0 amide bonds. The summed E-state index contributed by atoms with van der Waals surface area (Å²) in [5, 5.41) is 8.92. The molecule has 0 spiro atoms. The molecule has 1 aromatic heterocycles. The lowest BCUT2D eigenvalue weighted by Crippen LogP contribution is -2.06. The van der Waals surface area contributed by atoms with Gasteiger partial charge in [-0.05, 0) is 49.8 Å². The quantitative estimate of drug-likeness (QED) is 0.406. The third-order valence-corrected chi connectivity index (χ3v) is 4.30. The third kappa shape index (κ3) is 4.96. The van der Waals surface area contributed by atoms with E-state index in [1.165, 1.54) is 6.08 Å². The number of ether oxygens (including phenoxy) is 1. The van der Waals surface area contributed by atoms with E-state index in [1.807, 2.05) is 31.2 Å². The SMILES string of the molecule is Cc1ccc(-c2nnc([C@@H](C)OC(=O)/C=C/c3ccc(Cl)cc3Cl)o2)cc1. The van der Waals surface area contributed by atoms with Crippen LogP contribution in [0.1, 0.15) is 30.0 Å². The molecule has 0 aliphatic rings. The van der Waals surface area contributed by atoms with E-state index in [9.17, 15) is 4.79 Å². The number of aryl methyl sites for hydroxylation is 1. The maximum atomic E-state index is 12.0. The van der Waals surface area contributed by atoms with Crippen LogP contribution >= 0.6 is 23.2 Å². The molecule has 5 nitrogen and oxygen atoms in total. The largest absolute Gasteiger partial charge is 0.449 e. The molecule has 0 saturated heterocycles. The molecule has 3 rings (SSSR count).